The van der Waals surface area contributed by atoms with Gasteiger partial charge in [-0.2, -0.15) is 4.98 Å². The van der Waals surface area contributed by atoms with Gasteiger partial charge in [0.05, 0.1) is 18.6 Å². The maximum Gasteiger partial charge on any atom is 0.230 e. The lowest BCUT2D eigenvalue weighted by Crippen LogP contribution is -2.37. The van der Waals surface area contributed by atoms with Gasteiger partial charge in [0.1, 0.15) is 5.52 Å². The smallest absolute Gasteiger partial charge is 0.230 e. The second-order valence-corrected chi connectivity index (χ2v) is 5.97. The van der Waals surface area contributed by atoms with Gasteiger partial charge in [0, 0.05) is 37.4 Å². The standard InChI is InChI=1S/C18H16N6O2/c1-2-13-14-15(26-17(13)20-5-1)16(24-8-10-25-11-9-24)23-18(22-14)21-12-3-6-19-7-4-12/h1-7H,8-11H2,(H,19,21,22,23). The Morgan fingerprint density at radius 3 is 2.69 bits per heavy atom. The largest absolute Gasteiger partial charge is 0.432 e. The quantitative estimate of drug-likeness (QED) is 0.604. The van der Waals surface area contributed by atoms with E-state index in [4.69, 9.17) is 14.1 Å². The first-order valence-electron chi connectivity index (χ1n) is 8.43. The van der Waals surface area contributed by atoms with Crippen LogP contribution in [0.4, 0.5) is 17.5 Å². The Morgan fingerprint density at radius 2 is 1.85 bits per heavy atom. The predicted molar refractivity (Wildman–Crippen MR) is 97.7 cm³/mol. The molecule has 0 radical (unpaired) electrons. The molecule has 5 rings (SSSR count). The van der Waals surface area contributed by atoms with Crippen LogP contribution in [0.1, 0.15) is 0 Å². The van der Waals surface area contributed by atoms with Gasteiger partial charge in [-0.3, -0.25) is 4.98 Å². The molecule has 0 bridgehead atoms. The van der Waals surface area contributed by atoms with Crippen molar-refractivity contribution in [3.8, 4) is 0 Å². The third kappa shape index (κ3) is 2.60. The highest BCUT2D eigenvalue weighted by atomic mass is 16.5. The lowest BCUT2D eigenvalue weighted by atomic mass is 10.3. The van der Waals surface area contributed by atoms with Crippen LogP contribution in [0.3, 0.4) is 0 Å². The van der Waals surface area contributed by atoms with Crippen LogP contribution in [0.25, 0.3) is 22.2 Å². The molecule has 4 aromatic rings. The second-order valence-electron chi connectivity index (χ2n) is 5.97. The van der Waals surface area contributed by atoms with Crippen molar-refractivity contribution in [1.82, 2.24) is 19.9 Å². The third-order valence-corrected chi connectivity index (χ3v) is 4.32. The molecule has 130 valence electrons. The second kappa shape index (κ2) is 6.23. The molecular formula is C18H16N6O2. The van der Waals surface area contributed by atoms with Crippen LogP contribution >= 0.6 is 0 Å². The molecule has 0 amide bonds. The minimum atomic E-state index is 0.511. The number of nitrogens with one attached hydrogen (secondary N) is 1. The Hall–Kier alpha value is -3.26. The van der Waals surface area contributed by atoms with E-state index < -0.39 is 0 Å². The zero-order valence-electron chi connectivity index (χ0n) is 13.9. The molecule has 26 heavy (non-hydrogen) atoms. The van der Waals surface area contributed by atoms with Crippen molar-refractivity contribution in [2.75, 3.05) is 36.5 Å². The number of pyridine rings is 2. The summed E-state index contributed by atoms with van der Waals surface area (Å²) in [5.74, 6) is 1.27. The Balaban J connectivity index is 1.69. The van der Waals surface area contributed by atoms with E-state index in [1.807, 2.05) is 24.3 Å². The van der Waals surface area contributed by atoms with Crippen LogP contribution in [0.5, 0.6) is 0 Å². The fourth-order valence-corrected chi connectivity index (χ4v) is 3.07. The van der Waals surface area contributed by atoms with Crippen LogP contribution in [0, 0.1) is 0 Å². The average Bonchev–Trinajstić information content (AvgIpc) is 3.08. The van der Waals surface area contributed by atoms with Crippen LogP contribution in [-0.4, -0.2) is 46.2 Å². The fraction of sp³-hybridized carbons (Fsp3) is 0.222. The molecule has 0 atom stereocenters. The molecule has 1 saturated heterocycles. The summed E-state index contributed by atoms with van der Waals surface area (Å²) in [6.45, 7) is 2.84. The van der Waals surface area contributed by atoms with Crippen molar-refractivity contribution in [1.29, 1.82) is 0 Å². The van der Waals surface area contributed by atoms with Crippen molar-refractivity contribution in [3.63, 3.8) is 0 Å². The van der Waals surface area contributed by atoms with Crippen LogP contribution in [0.2, 0.25) is 0 Å². The number of rotatable bonds is 3. The first-order valence-corrected chi connectivity index (χ1v) is 8.43. The van der Waals surface area contributed by atoms with Crippen molar-refractivity contribution in [3.05, 3.63) is 42.9 Å². The summed E-state index contributed by atoms with van der Waals surface area (Å²) < 4.78 is 11.5. The molecule has 0 unspecified atom stereocenters. The van der Waals surface area contributed by atoms with E-state index in [1.54, 1.807) is 18.6 Å². The van der Waals surface area contributed by atoms with Gasteiger partial charge in [-0.15, -0.1) is 0 Å². The Kier molecular flexibility index (Phi) is 3.60. The SMILES string of the molecule is c1cnc2oc3c(N4CCOCC4)nc(Nc4ccncc4)nc3c2c1. The Labute approximate surface area is 148 Å². The van der Waals surface area contributed by atoms with Gasteiger partial charge in [0.2, 0.25) is 11.7 Å². The fourth-order valence-electron chi connectivity index (χ4n) is 3.07. The van der Waals surface area contributed by atoms with Crippen molar-refractivity contribution in [2.45, 2.75) is 0 Å². The molecule has 4 aromatic heterocycles. The van der Waals surface area contributed by atoms with E-state index in [0.29, 0.717) is 30.5 Å². The topological polar surface area (TPSA) is 89.2 Å². The van der Waals surface area contributed by atoms with Crippen molar-refractivity contribution >= 4 is 39.7 Å². The zero-order chi connectivity index (χ0) is 17.3. The molecule has 1 N–H and O–H groups in total. The minimum Gasteiger partial charge on any atom is -0.432 e. The Morgan fingerprint density at radius 1 is 1.00 bits per heavy atom. The molecule has 8 heteroatoms. The molecule has 1 aliphatic heterocycles. The molecule has 5 heterocycles. The van der Waals surface area contributed by atoms with Gasteiger partial charge in [-0.1, -0.05) is 0 Å². The van der Waals surface area contributed by atoms with E-state index in [0.717, 1.165) is 35.5 Å². The van der Waals surface area contributed by atoms with E-state index in [1.165, 1.54) is 0 Å². The predicted octanol–water partition coefficient (Wildman–Crippen LogP) is 2.75. The maximum atomic E-state index is 5.99. The molecular weight excluding hydrogens is 332 g/mol. The van der Waals surface area contributed by atoms with Gasteiger partial charge in [0.25, 0.3) is 0 Å². The monoisotopic (exact) mass is 348 g/mol. The van der Waals surface area contributed by atoms with Gasteiger partial charge >= 0.3 is 0 Å². The van der Waals surface area contributed by atoms with Crippen LogP contribution in [0.15, 0.2) is 47.3 Å². The number of fused-ring (bicyclic) bond motifs is 3. The van der Waals surface area contributed by atoms with Gasteiger partial charge in [-0.05, 0) is 24.3 Å². The molecule has 0 spiro atoms. The summed E-state index contributed by atoms with van der Waals surface area (Å²) in [5, 5.41) is 4.12. The highest BCUT2D eigenvalue weighted by molar-refractivity contribution is 6.05. The highest BCUT2D eigenvalue weighted by Crippen LogP contribution is 2.33. The molecule has 0 saturated carbocycles. The number of hydrogen-bond donors (Lipinski definition) is 1. The molecule has 1 aliphatic rings. The van der Waals surface area contributed by atoms with Gasteiger partial charge < -0.3 is 19.4 Å². The summed E-state index contributed by atoms with van der Waals surface area (Å²) in [5.41, 5.74) is 2.84. The van der Waals surface area contributed by atoms with Crippen LogP contribution < -0.4 is 10.2 Å². The number of hydrogen-bond acceptors (Lipinski definition) is 8. The van der Waals surface area contributed by atoms with Crippen molar-refractivity contribution in [2.24, 2.45) is 0 Å². The summed E-state index contributed by atoms with van der Waals surface area (Å²) >= 11 is 0. The average molecular weight is 348 g/mol. The lowest BCUT2D eigenvalue weighted by Gasteiger charge is -2.27. The first-order chi connectivity index (χ1) is 12.9. The van der Waals surface area contributed by atoms with Gasteiger partial charge in [0.15, 0.2) is 11.4 Å². The summed E-state index contributed by atoms with van der Waals surface area (Å²) in [6, 6.07) is 7.58. The molecule has 1 fully saturated rings. The summed E-state index contributed by atoms with van der Waals surface area (Å²) in [4.78, 5) is 19.9. The first kappa shape index (κ1) is 15.0. The molecule has 8 nitrogen and oxygen atoms in total. The van der Waals surface area contributed by atoms with E-state index in [2.05, 4.69) is 25.2 Å². The zero-order valence-corrected chi connectivity index (χ0v) is 13.9. The van der Waals surface area contributed by atoms with E-state index >= 15 is 0 Å². The number of anilines is 3. The highest BCUT2D eigenvalue weighted by Gasteiger charge is 2.22. The lowest BCUT2D eigenvalue weighted by molar-refractivity contribution is 0.122. The van der Waals surface area contributed by atoms with E-state index in [-0.39, 0.29) is 0 Å². The number of aromatic nitrogens is 4. The molecule has 0 aromatic carbocycles. The Bertz CT molecular complexity index is 1060. The number of ether oxygens (including phenoxy) is 1. The maximum absolute atomic E-state index is 5.99. The van der Waals surface area contributed by atoms with E-state index in [9.17, 15) is 0 Å². The summed E-state index contributed by atoms with van der Waals surface area (Å²) in [6.07, 6.45) is 5.16. The summed E-state index contributed by atoms with van der Waals surface area (Å²) in [7, 11) is 0. The van der Waals surface area contributed by atoms with Crippen LogP contribution in [-0.2, 0) is 4.74 Å². The number of furan rings is 1. The molecule has 0 aliphatic carbocycles. The van der Waals surface area contributed by atoms with Gasteiger partial charge in [-0.25, -0.2) is 9.97 Å². The number of morpholine rings is 1. The normalized spacial score (nSPS) is 14.8. The van der Waals surface area contributed by atoms with Crippen molar-refractivity contribution < 1.29 is 9.15 Å². The minimum absolute atomic E-state index is 0.511. The third-order valence-electron chi connectivity index (χ3n) is 4.32. The number of nitrogens with zero attached hydrogens (tertiary/aromatic N) is 5.